The molecule has 1 aliphatic rings. The van der Waals surface area contributed by atoms with E-state index in [0.717, 1.165) is 48.2 Å². The zero-order chi connectivity index (χ0) is 18.7. The molecule has 0 amide bonds. The number of benzene rings is 3. The number of phenols is 1. The molecule has 0 spiro atoms. The molecule has 0 bridgehead atoms. The maximum Gasteiger partial charge on any atom is 0.115 e. The minimum Gasteiger partial charge on any atom is -0.508 e. The van der Waals surface area contributed by atoms with Gasteiger partial charge in [0.25, 0.3) is 0 Å². The first-order valence-corrected chi connectivity index (χ1v) is 9.10. The van der Waals surface area contributed by atoms with E-state index >= 15 is 0 Å². The lowest BCUT2D eigenvalue weighted by atomic mass is 10.2. The lowest BCUT2D eigenvalue weighted by Crippen LogP contribution is -2.39. The van der Waals surface area contributed by atoms with E-state index in [1.165, 1.54) is 0 Å². The number of fused-ring (bicyclic) bond motifs is 2. The lowest BCUT2D eigenvalue weighted by molar-refractivity contribution is 0.475. The Kier molecular flexibility index (Phi) is 7.09. The topological polar surface area (TPSA) is 70.1 Å². The molecule has 0 radical (unpaired) electrons. The van der Waals surface area contributed by atoms with Gasteiger partial charge in [-0.25, -0.2) is 9.97 Å². The number of aromatic nitrogens is 2. The van der Waals surface area contributed by atoms with Crippen LogP contribution in [0, 0.1) is 0 Å². The van der Waals surface area contributed by atoms with E-state index in [2.05, 4.69) is 20.6 Å². The van der Waals surface area contributed by atoms with Gasteiger partial charge in [-0.1, -0.05) is 42.5 Å². The molecule has 0 aliphatic carbocycles. The third-order valence-electron chi connectivity index (χ3n) is 3.96. The molecule has 1 aromatic heterocycles. The molecular weight excluding hydrogens is 336 g/mol. The first-order chi connectivity index (χ1) is 13.3. The van der Waals surface area contributed by atoms with Crippen LogP contribution in [0.5, 0.6) is 5.75 Å². The van der Waals surface area contributed by atoms with Crippen molar-refractivity contribution in [2.24, 2.45) is 0 Å². The van der Waals surface area contributed by atoms with Gasteiger partial charge in [0.05, 0.1) is 22.1 Å². The van der Waals surface area contributed by atoms with Crippen molar-refractivity contribution in [2.45, 2.75) is 0 Å². The maximum absolute atomic E-state index is 8.63. The molecule has 4 aromatic rings. The summed E-state index contributed by atoms with van der Waals surface area (Å²) in [5.74, 6) is 0.322. The van der Waals surface area contributed by atoms with Gasteiger partial charge in [-0.2, -0.15) is 0 Å². The van der Waals surface area contributed by atoms with Crippen LogP contribution in [-0.4, -0.2) is 41.3 Å². The van der Waals surface area contributed by atoms with Crippen molar-refractivity contribution in [1.82, 2.24) is 20.6 Å². The Labute approximate surface area is 159 Å². The molecule has 3 aromatic carbocycles. The second-order valence-electron chi connectivity index (χ2n) is 6.04. The van der Waals surface area contributed by atoms with E-state index in [-0.39, 0.29) is 0 Å². The van der Waals surface area contributed by atoms with Gasteiger partial charge in [0.2, 0.25) is 0 Å². The van der Waals surface area contributed by atoms with Crippen molar-refractivity contribution >= 4 is 22.1 Å². The third-order valence-corrected chi connectivity index (χ3v) is 3.96. The zero-order valence-corrected chi connectivity index (χ0v) is 15.2. The van der Waals surface area contributed by atoms with Crippen LogP contribution in [0.25, 0.3) is 22.1 Å². The monoisotopic (exact) mass is 360 g/mol. The molecule has 5 nitrogen and oxygen atoms in total. The normalized spacial score (nSPS) is 13.2. The van der Waals surface area contributed by atoms with Gasteiger partial charge >= 0.3 is 0 Å². The standard InChI is InChI=1S/C12H8N2.C6H6O.C4H10N2/c1-2-6-10-9(5-1)13-11-7-3-4-8-12(11)14-10;7-6-4-2-1-3-5-6;1-2-6-4-3-5-1/h1-8H;1-5,7H;5-6H,1-4H2. The average molecular weight is 360 g/mol. The SMILES string of the molecule is C1CNCCN1.Oc1ccccc1.c1ccc2nc3ccccc3nc2c1. The Morgan fingerprint density at radius 1 is 0.519 bits per heavy atom. The average Bonchev–Trinajstić information content (AvgIpc) is 2.75. The van der Waals surface area contributed by atoms with E-state index in [9.17, 15) is 0 Å². The first kappa shape index (κ1) is 18.8. The predicted octanol–water partition coefficient (Wildman–Crippen LogP) is 3.35. The van der Waals surface area contributed by atoms with Gasteiger partial charge in [0, 0.05) is 26.2 Å². The van der Waals surface area contributed by atoms with E-state index in [1.807, 2.05) is 54.6 Å². The molecule has 3 N–H and O–H groups in total. The molecule has 5 rings (SSSR count). The Morgan fingerprint density at radius 3 is 1.11 bits per heavy atom. The summed E-state index contributed by atoms with van der Waals surface area (Å²) in [5, 5.41) is 15.1. The fourth-order valence-corrected chi connectivity index (χ4v) is 2.60. The molecule has 27 heavy (non-hydrogen) atoms. The fraction of sp³-hybridized carbons (Fsp3) is 0.182. The second kappa shape index (κ2) is 10.2. The van der Waals surface area contributed by atoms with Gasteiger partial charge in [-0.05, 0) is 36.4 Å². The summed E-state index contributed by atoms with van der Waals surface area (Å²) in [4.78, 5) is 9.03. The van der Waals surface area contributed by atoms with Crippen molar-refractivity contribution in [3.8, 4) is 5.75 Å². The van der Waals surface area contributed by atoms with Crippen LogP contribution in [0.4, 0.5) is 0 Å². The first-order valence-electron chi connectivity index (χ1n) is 9.10. The van der Waals surface area contributed by atoms with Crippen molar-refractivity contribution in [3.05, 3.63) is 78.9 Å². The second-order valence-corrected chi connectivity index (χ2v) is 6.04. The van der Waals surface area contributed by atoms with Crippen molar-refractivity contribution in [3.63, 3.8) is 0 Å². The minimum absolute atomic E-state index is 0.322. The summed E-state index contributed by atoms with van der Waals surface area (Å²) in [6, 6.07) is 24.5. The van der Waals surface area contributed by atoms with Crippen LogP contribution in [-0.2, 0) is 0 Å². The van der Waals surface area contributed by atoms with E-state index in [0.29, 0.717) is 5.75 Å². The summed E-state index contributed by atoms with van der Waals surface area (Å²) in [7, 11) is 0. The Balaban J connectivity index is 0.000000135. The molecule has 0 saturated carbocycles. The number of nitrogens with zero attached hydrogens (tertiary/aromatic N) is 2. The van der Waals surface area contributed by atoms with Crippen LogP contribution in [0.15, 0.2) is 78.9 Å². The number of nitrogens with one attached hydrogen (secondary N) is 2. The van der Waals surface area contributed by atoms with Gasteiger partial charge in [-0.15, -0.1) is 0 Å². The fourth-order valence-electron chi connectivity index (χ4n) is 2.60. The summed E-state index contributed by atoms with van der Waals surface area (Å²) in [5.41, 5.74) is 3.80. The zero-order valence-electron chi connectivity index (χ0n) is 15.2. The Bertz CT molecular complexity index is 839. The number of piperazine rings is 1. The molecule has 1 fully saturated rings. The quantitative estimate of drug-likeness (QED) is 0.420. The van der Waals surface area contributed by atoms with Crippen LogP contribution in [0.2, 0.25) is 0 Å². The molecule has 0 atom stereocenters. The summed E-state index contributed by atoms with van der Waals surface area (Å²) < 4.78 is 0. The molecule has 5 heteroatoms. The maximum atomic E-state index is 8.63. The van der Waals surface area contributed by atoms with E-state index < -0.39 is 0 Å². The third kappa shape index (κ3) is 6.02. The minimum atomic E-state index is 0.322. The summed E-state index contributed by atoms with van der Waals surface area (Å²) in [6.07, 6.45) is 0. The Hall–Kier alpha value is -3.02. The highest BCUT2D eigenvalue weighted by atomic mass is 16.3. The lowest BCUT2D eigenvalue weighted by Gasteiger charge is -2.11. The summed E-state index contributed by atoms with van der Waals surface area (Å²) >= 11 is 0. The summed E-state index contributed by atoms with van der Waals surface area (Å²) in [6.45, 7) is 4.56. The van der Waals surface area contributed by atoms with E-state index in [4.69, 9.17) is 5.11 Å². The van der Waals surface area contributed by atoms with E-state index in [1.54, 1.807) is 24.3 Å². The molecule has 0 unspecified atom stereocenters. The van der Waals surface area contributed by atoms with Crippen molar-refractivity contribution < 1.29 is 5.11 Å². The van der Waals surface area contributed by atoms with Crippen LogP contribution >= 0.6 is 0 Å². The van der Waals surface area contributed by atoms with Crippen LogP contribution in [0.3, 0.4) is 0 Å². The highest BCUT2D eigenvalue weighted by Gasteiger charge is 1.98. The van der Waals surface area contributed by atoms with Crippen LogP contribution < -0.4 is 10.6 Å². The Morgan fingerprint density at radius 2 is 0.852 bits per heavy atom. The molecule has 1 aliphatic heterocycles. The van der Waals surface area contributed by atoms with Crippen LogP contribution in [0.1, 0.15) is 0 Å². The molecule has 1 saturated heterocycles. The highest BCUT2D eigenvalue weighted by molar-refractivity contribution is 5.85. The smallest absolute Gasteiger partial charge is 0.115 e. The van der Waals surface area contributed by atoms with Crippen molar-refractivity contribution in [1.29, 1.82) is 0 Å². The molecule has 2 heterocycles. The number of hydrogen-bond acceptors (Lipinski definition) is 5. The van der Waals surface area contributed by atoms with Crippen molar-refractivity contribution in [2.75, 3.05) is 26.2 Å². The molecular formula is C22H24N4O. The number of para-hydroxylation sites is 5. The predicted molar refractivity (Wildman–Crippen MR) is 111 cm³/mol. The number of rotatable bonds is 0. The number of aromatic hydroxyl groups is 1. The largest absolute Gasteiger partial charge is 0.508 e. The van der Waals surface area contributed by atoms with Gasteiger partial charge in [-0.3, -0.25) is 0 Å². The number of hydrogen-bond donors (Lipinski definition) is 3. The number of phenolic OH excluding ortho intramolecular Hbond substituents is 1. The van der Waals surface area contributed by atoms with Gasteiger partial charge < -0.3 is 15.7 Å². The molecule has 138 valence electrons. The highest BCUT2D eigenvalue weighted by Crippen LogP contribution is 2.14. The van der Waals surface area contributed by atoms with Gasteiger partial charge in [0.1, 0.15) is 5.75 Å². The van der Waals surface area contributed by atoms with Gasteiger partial charge in [0.15, 0.2) is 0 Å².